The SMILES string of the molecule is CCn1nnn(CCN2CC[C@H](N(C(=O)COC)c3ccccc3F)[C@H](C)C2)c1=O.CN(C)[C@H]1CCCC[C@@H]1NC(=O)c1ccc(Br)cc1. The highest BCUT2D eigenvalue weighted by atomic mass is 79.9. The number of carbonyl (C=O) groups excluding carboxylic acids is 2. The quantitative estimate of drug-likeness (QED) is 0.313. The highest BCUT2D eigenvalue weighted by Crippen LogP contribution is 2.29. The number of likely N-dealkylation sites (N-methyl/N-ethyl adjacent to an activating group) is 1. The predicted octanol–water partition coefficient (Wildman–Crippen LogP) is 4.04. The number of halogens is 2. The fourth-order valence-corrected chi connectivity index (χ4v) is 7.04. The van der Waals surface area contributed by atoms with Crippen LogP contribution >= 0.6 is 15.9 Å². The number of methoxy groups -OCH3 is 1. The van der Waals surface area contributed by atoms with Gasteiger partial charge in [0.2, 0.25) is 0 Å². The maximum Gasteiger partial charge on any atom is 0.363 e. The van der Waals surface area contributed by atoms with Gasteiger partial charge in [0.15, 0.2) is 0 Å². The van der Waals surface area contributed by atoms with Gasteiger partial charge in [0.25, 0.3) is 11.8 Å². The second kappa shape index (κ2) is 18.5. The Balaban J connectivity index is 0.000000244. The van der Waals surface area contributed by atoms with Gasteiger partial charge < -0.3 is 24.8 Å². The molecule has 2 heterocycles. The minimum atomic E-state index is -0.421. The third-order valence-corrected chi connectivity index (χ3v) is 9.89. The molecule has 1 aromatic heterocycles. The van der Waals surface area contributed by atoms with Crippen LogP contribution in [-0.4, -0.2) is 107 Å². The number of nitrogens with zero attached hydrogens (tertiary/aromatic N) is 7. The summed E-state index contributed by atoms with van der Waals surface area (Å²) in [5, 5.41) is 10.9. The average molecular weight is 746 g/mol. The number of hydrogen-bond acceptors (Lipinski definition) is 8. The Morgan fingerprint density at radius 2 is 1.69 bits per heavy atom. The number of aromatic nitrogens is 4. The maximum atomic E-state index is 14.5. The van der Waals surface area contributed by atoms with E-state index in [1.807, 2.05) is 31.2 Å². The standard InChI is InChI=1S/C20H29FN6O3.C15H21BrN2O/c1-4-25-20(29)26(23-22-25)12-11-24-10-9-17(15(2)13-24)27(19(28)14-30-3)18-8-6-5-7-16(18)21;1-18(2)14-6-4-3-5-13(14)17-15(19)11-7-9-12(16)10-8-11/h5-8,15,17H,4,9-14H2,1-3H3;7-10,13-14H,3-6H2,1-2H3,(H,17,19)/t15-,17+;13-,14-/m10/s1. The van der Waals surface area contributed by atoms with Crippen molar-refractivity contribution in [3.05, 3.63) is 74.9 Å². The lowest BCUT2D eigenvalue weighted by molar-refractivity contribution is -0.123. The summed E-state index contributed by atoms with van der Waals surface area (Å²) in [7, 11) is 5.64. The number of hydrogen-bond donors (Lipinski definition) is 1. The molecule has 1 aliphatic heterocycles. The number of para-hydroxylation sites is 1. The number of carbonyl (C=O) groups is 2. The Kier molecular flexibility index (Phi) is 14.5. The van der Waals surface area contributed by atoms with Crippen molar-refractivity contribution in [1.29, 1.82) is 0 Å². The minimum Gasteiger partial charge on any atom is -0.375 e. The smallest absolute Gasteiger partial charge is 0.363 e. The summed E-state index contributed by atoms with van der Waals surface area (Å²) in [5.41, 5.74) is 0.801. The highest BCUT2D eigenvalue weighted by Gasteiger charge is 2.35. The molecule has 0 unspecified atom stereocenters. The van der Waals surface area contributed by atoms with Gasteiger partial charge in [-0.3, -0.25) is 9.59 Å². The van der Waals surface area contributed by atoms with Crippen molar-refractivity contribution in [1.82, 2.24) is 34.9 Å². The van der Waals surface area contributed by atoms with Gasteiger partial charge in [0, 0.05) is 61.5 Å². The lowest BCUT2D eigenvalue weighted by Crippen LogP contribution is -2.54. The number of likely N-dealkylation sites (tertiary alicyclic amines) is 1. The molecule has 0 bridgehead atoms. The molecule has 1 saturated carbocycles. The maximum absolute atomic E-state index is 14.5. The Labute approximate surface area is 296 Å². The van der Waals surface area contributed by atoms with E-state index in [-0.39, 0.29) is 47.8 Å². The van der Waals surface area contributed by atoms with E-state index in [0.29, 0.717) is 32.1 Å². The van der Waals surface area contributed by atoms with Crippen molar-refractivity contribution in [3.63, 3.8) is 0 Å². The van der Waals surface area contributed by atoms with Gasteiger partial charge in [0.05, 0.1) is 12.2 Å². The van der Waals surface area contributed by atoms with Crippen LogP contribution in [0.3, 0.4) is 0 Å². The molecule has 0 radical (unpaired) electrons. The van der Waals surface area contributed by atoms with Gasteiger partial charge in [-0.25, -0.2) is 9.18 Å². The number of ether oxygens (including phenoxy) is 1. The number of nitrogens with one attached hydrogen (secondary N) is 1. The fraction of sp³-hybridized carbons (Fsp3) is 0.571. The van der Waals surface area contributed by atoms with Crippen molar-refractivity contribution in [3.8, 4) is 0 Å². The molecule has 49 heavy (non-hydrogen) atoms. The molecule has 4 atom stereocenters. The van der Waals surface area contributed by atoms with E-state index in [9.17, 15) is 18.8 Å². The van der Waals surface area contributed by atoms with E-state index >= 15 is 0 Å². The first kappa shape index (κ1) is 38.3. The molecule has 268 valence electrons. The van der Waals surface area contributed by atoms with Crippen LogP contribution in [0.4, 0.5) is 10.1 Å². The summed E-state index contributed by atoms with van der Waals surface area (Å²) in [6.07, 6.45) is 5.40. The first-order valence-corrected chi connectivity index (χ1v) is 17.8. The Bertz CT molecular complexity index is 1570. The van der Waals surface area contributed by atoms with E-state index in [2.05, 4.69) is 62.5 Å². The van der Waals surface area contributed by atoms with Gasteiger partial charge in [-0.15, -0.1) is 0 Å². The number of piperidine rings is 1. The van der Waals surface area contributed by atoms with Crippen molar-refractivity contribution in [2.24, 2.45) is 5.92 Å². The molecule has 14 heteroatoms. The fourth-order valence-electron chi connectivity index (χ4n) is 6.78. The molecule has 5 rings (SSSR count). The monoisotopic (exact) mass is 744 g/mol. The molecular weight excluding hydrogens is 695 g/mol. The van der Waals surface area contributed by atoms with Gasteiger partial charge in [-0.2, -0.15) is 9.36 Å². The van der Waals surface area contributed by atoms with Crippen molar-refractivity contribution < 1.29 is 18.7 Å². The Morgan fingerprint density at radius 3 is 2.33 bits per heavy atom. The van der Waals surface area contributed by atoms with Crippen LogP contribution in [0.15, 0.2) is 57.8 Å². The highest BCUT2D eigenvalue weighted by molar-refractivity contribution is 9.10. The Hall–Kier alpha value is -3.46. The summed E-state index contributed by atoms with van der Waals surface area (Å²) >= 11 is 3.38. The first-order valence-electron chi connectivity index (χ1n) is 17.0. The molecule has 0 spiro atoms. The molecule has 1 saturated heterocycles. The van der Waals surface area contributed by atoms with E-state index < -0.39 is 5.82 Å². The van der Waals surface area contributed by atoms with Crippen LogP contribution in [0.1, 0.15) is 56.3 Å². The Morgan fingerprint density at radius 1 is 1.00 bits per heavy atom. The number of aryl methyl sites for hydroxylation is 1. The first-order chi connectivity index (χ1) is 23.5. The van der Waals surface area contributed by atoms with Crippen molar-refractivity contribution in [2.45, 2.75) is 77.2 Å². The van der Waals surface area contributed by atoms with Crippen molar-refractivity contribution in [2.75, 3.05) is 52.3 Å². The molecular formula is C35H50BrFN8O4. The normalized spacial score (nSPS) is 21.1. The molecule has 3 aromatic rings. The van der Waals surface area contributed by atoms with Crippen LogP contribution in [-0.2, 0) is 22.6 Å². The van der Waals surface area contributed by atoms with Gasteiger partial charge >= 0.3 is 5.69 Å². The number of rotatable bonds is 11. The topological polar surface area (TPSA) is 118 Å². The van der Waals surface area contributed by atoms with Crippen molar-refractivity contribution >= 4 is 33.4 Å². The summed E-state index contributed by atoms with van der Waals surface area (Å²) in [6.45, 7) is 6.87. The number of anilines is 1. The molecule has 12 nitrogen and oxygen atoms in total. The minimum absolute atomic E-state index is 0.0336. The predicted molar refractivity (Wildman–Crippen MR) is 191 cm³/mol. The molecule has 2 aliphatic rings. The third-order valence-electron chi connectivity index (χ3n) is 9.37. The van der Waals surface area contributed by atoms with Gasteiger partial charge in [0.1, 0.15) is 12.4 Å². The molecule has 1 aliphatic carbocycles. The second-order valence-corrected chi connectivity index (χ2v) is 13.9. The number of benzene rings is 2. The van der Waals surface area contributed by atoms with Crippen LogP contribution in [0.5, 0.6) is 0 Å². The van der Waals surface area contributed by atoms with E-state index in [1.54, 1.807) is 23.1 Å². The third kappa shape index (κ3) is 10.3. The second-order valence-electron chi connectivity index (χ2n) is 13.0. The van der Waals surface area contributed by atoms with E-state index in [1.165, 1.54) is 35.4 Å². The molecule has 2 aromatic carbocycles. The zero-order valence-corrected chi connectivity index (χ0v) is 30.8. The van der Waals surface area contributed by atoms with Crippen LogP contribution in [0.2, 0.25) is 0 Å². The van der Waals surface area contributed by atoms with Gasteiger partial charge in [-0.1, -0.05) is 47.8 Å². The van der Waals surface area contributed by atoms with E-state index in [0.717, 1.165) is 36.0 Å². The van der Waals surface area contributed by atoms with Crippen LogP contribution in [0.25, 0.3) is 0 Å². The summed E-state index contributed by atoms with van der Waals surface area (Å²) in [5.74, 6) is -0.529. The zero-order chi connectivity index (χ0) is 35.5. The largest absolute Gasteiger partial charge is 0.375 e. The zero-order valence-electron chi connectivity index (χ0n) is 29.2. The molecule has 1 N–H and O–H groups in total. The average Bonchev–Trinajstić information content (AvgIpc) is 3.45. The number of amides is 2. The number of tetrazole rings is 1. The van der Waals surface area contributed by atoms with Crippen LogP contribution < -0.4 is 15.9 Å². The van der Waals surface area contributed by atoms with Gasteiger partial charge in [-0.05, 0) is 93.0 Å². The summed E-state index contributed by atoms with van der Waals surface area (Å²) in [6, 6.07) is 14.4. The van der Waals surface area contributed by atoms with E-state index in [4.69, 9.17) is 4.74 Å². The lowest BCUT2D eigenvalue weighted by atomic mass is 9.89. The summed E-state index contributed by atoms with van der Waals surface area (Å²) < 4.78 is 23.2. The summed E-state index contributed by atoms with van der Waals surface area (Å²) in [4.78, 5) is 43.1. The molecule has 2 amide bonds. The van der Waals surface area contributed by atoms with Crippen LogP contribution in [0, 0.1) is 11.7 Å². The lowest BCUT2D eigenvalue weighted by Gasteiger charge is -2.42. The molecule has 2 fully saturated rings.